The lowest BCUT2D eigenvalue weighted by Gasteiger charge is -2.02. The molecule has 0 spiro atoms. The molecule has 0 aliphatic heterocycles. The Labute approximate surface area is 82.6 Å². The van der Waals surface area contributed by atoms with Gasteiger partial charge in [0.05, 0.1) is 5.52 Å². The molecule has 3 nitrogen and oxygen atoms in total. The number of aromatic amines is 1. The number of H-pyrrole nitrogens is 1. The van der Waals surface area contributed by atoms with Crippen molar-refractivity contribution >= 4 is 10.9 Å². The highest BCUT2D eigenvalue weighted by molar-refractivity contribution is 5.88. The largest absolute Gasteiger partial charge is 0.506 e. The van der Waals surface area contributed by atoms with Crippen molar-refractivity contribution in [3.05, 3.63) is 30.0 Å². The van der Waals surface area contributed by atoms with Crippen LogP contribution in [0, 0.1) is 0 Å². The number of benzene rings is 1. The summed E-state index contributed by atoms with van der Waals surface area (Å²) in [6.07, 6.45) is 2.73. The number of aromatic hydroxyl groups is 1. The van der Waals surface area contributed by atoms with Gasteiger partial charge >= 0.3 is 0 Å². The lowest BCUT2D eigenvalue weighted by Crippen LogP contribution is -2.17. The molecule has 0 amide bonds. The molecular weight excluding hydrogens is 176 g/mol. The van der Waals surface area contributed by atoms with E-state index in [0.717, 1.165) is 22.9 Å². The monoisotopic (exact) mass is 190 g/mol. The van der Waals surface area contributed by atoms with E-state index in [0.29, 0.717) is 5.75 Å². The van der Waals surface area contributed by atoms with E-state index in [9.17, 15) is 5.11 Å². The van der Waals surface area contributed by atoms with Gasteiger partial charge in [-0.2, -0.15) is 0 Å². The van der Waals surface area contributed by atoms with Gasteiger partial charge in [0, 0.05) is 17.6 Å². The summed E-state index contributed by atoms with van der Waals surface area (Å²) in [5.74, 6) is 0.290. The second-order valence-corrected chi connectivity index (χ2v) is 3.70. The fraction of sp³-hybridized carbons (Fsp3) is 0.273. The van der Waals surface area contributed by atoms with Gasteiger partial charge in [-0.15, -0.1) is 0 Å². The molecule has 0 aliphatic rings. The average Bonchev–Trinajstić information content (AvgIpc) is 2.49. The van der Waals surface area contributed by atoms with Gasteiger partial charge < -0.3 is 15.8 Å². The number of fused-ring (bicyclic) bond motifs is 1. The topological polar surface area (TPSA) is 62.0 Å². The zero-order chi connectivity index (χ0) is 10.1. The molecule has 1 heterocycles. The first-order chi connectivity index (χ1) is 6.68. The van der Waals surface area contributed by atoms with Gasteiger partial charge in [0.2, 0.25) is 0 Å². The van der Waals surface area contributed by atoms with Crippen LogP contribution in [0.3, 0.4) is 0 Å². The van der Waals surface area contributed by atoms with Crippen LogP contribution in [0.25, 0.3) is 10.9 Å². The van der Waals surface area contributed by atoms with Crippen LogP contribution < -0.4 is 5.73 Å². The molecular formula is C11H14N2O. The minimum absolute atomic E-state index is 0.136. The average molecular weight is 190 g/mol. The van der Waals surface area contributed by atoms with E-state index in [1.807, 2.05) is 25.3 Å². The van der Waals surface area contributed by atoms with Gasteiger partial charge in [-0.3, -0.25) is 0 Å². The minimum atomic E-state index is 0.136. The summed E-state index contributed by atoms with van der Waals surface area (Å²) >= 11 is 0. The molecule has 0 saturated carbocycles. The maximum absolute atomic E-state index is 9.56. The molecule has 0 bridgehead atoms. The zero-order valence-corrected chi connectivity index (χ0v) is 8.12. The Morgan fingerprint density at radius 1 is 1.50 bits per heavy atom. The predicted molar refractivity (Wildman–Crippen MR) is 57.3 cm³/mol. The van der Waals surface area contributed by atoms with Gasteiger partial charge in [-0.25, -0.2) is 0 Å². The molecule has 4 N–H and O–H groups in total. The highest BCUT2D eigenvalue weighted by Gasteiger charge is 2.07. The third-order valence-corrected chi connectivity index (χ3v) is 2.32. The first-order valence-corrected chi connectivity index (χ1v) is 4.72. The molecule has 0 fully saturated rings. The van der Waals surface area contributed by atoms with E-state index in [-0.39, 0.29) is 6.04 Å². The number of nitrogens with two attached hydrogens (primary N) is 1. The van der Waals surface area contributed by atoms with Crippen molar-refractivity contribution < 1.29 is 5.11 Å². The Morgan fingerprint density at radius 2 is 2.29 bits per heavy atom. The number of rotatable bonds is 2. The summed E-state index contributed by atoms with van der Waals surface area (Å²) in [5, 5.41) is 10.6. The SMILES string of the molecule is C[C@H](N)Cc1c[nH]c2c(O)cccc12. The maximum Gasteiger partial charge on any atom is 0.139 e. The second-order valence-electron chi connectivity index (χ2n) is 3.70. The number of para-hydroxylation sites is 1. The number of aromatic nitrogens is 1. The van der Waals surface area contributed by atoms with Crippen molar-refractivity contribution in [3.63, 3.8) is 0 Å². The van der Waals surface area contributed by atoms with Crippen molar-refractivity contribution in [2.75, 3.05) is 0 Å². The highest BCUT2D eigenvalue weighted by Crippen LogP contribution is 2.26. The lowest BCUT2D eigenvalue weighted by molar-refractivity contribution is 0.480. The third-order valence-electron chi connectivity index (χ3n) is 2.32. The van der Waals surface area contributed by atoms with Gasteiger partial charge in [-0.1, -0.05) is 12.1 Å². The van der Waals surface area contributed by atoms with E-state index in [1.165, 1.54) is 0 Å². The van der Waals surface area contributed by atoms with E-state index in [2.05, 4.69) is 4.98 Å². The molecule has 0 aliphatic carbocycles. The maximum atomic E-state index is 9.56. The summed E-state index contributed by atoms with van der Waals surface area (Å²) in [5.41, 5.74) is 7.69. The second kappa shape index (κ2) is 3.35. The van der Waals surface area contributed by atoms with Crippen molar-refractivity contribution in [2.24, 2.45) is 5.73 Å². The van der Waals surface area contributed by atoms with Crippen LogP contribution in [0.15, 0.2) is 24.4 Å². The van der Waals surface area contributed by atoms with E-state index >= 15 is 0 Å². The number of phenolic OH excluding ortho intramolecular Hbond substituents is 1. The smallest absolute Gasteiger partial charge is 0.139 e. The molecule has 3 heteroatoms. The van der Waals surface area contributed by atoms with Crippen LogP contribution in [-0.2, 0) is 6.42 Å². The fourth-order valence-electron chi connectivity index (χ4n) is 1.71. The lowest BCUT2D eigenvalue weighted by atomic mass is 10.1. The summed E-state index contributed by atoms with van der Waals surface area (Å²) in [4.78, 5) is 3.06. The molecule has 2 rings (SSSR count). The first kappa shape index (κ1) is 9.09. The predicted octanol–water partition coefficient (Wildman–Crippen LogP) is 1.76. The molecule has 1 aromatic heterocycles. The van der Waals surface area contributed by atoms with Crippen LogP contribution in [-0.4, -0.2) is 16.1 Å². The van der Waals surface area contributed by atoms with Crippen LogP contribution >= 0.6 is 0 Å². The van der Waals surface area contributed by atoms with Crippen molar-refractivity contribution in [1.29, 1.82) is 0 Å². The van der Waals surface area contributed by atoms with E-state index in [1.54, 1.807) is 6.07 Å². The van der Waals surface area contributed by atoms with Crippen LogP contribution in [0.5, 0.6) is 5.75 Å². The van der Waals surface area contributed by atoms with Gasteiger partial charge in [-0.05, 0) is 25.0 Å². The molecule has 1 atom stereocenters. The first-order valence-electron chi connectivity index (χ1n) is 4.72. The molecule has 74 valence electrons. The Balaban J connectivity index is 2.52. The third kappa shape index (κ3) is 1.46. The Morgan fingerprint density at radius 3 is 3.00 bits per heavy atom. The number of phenols is 1. The Hall–Kier alpha value is -1.48. The Kier molecular flexibility index (Phi) is 2.17. The molecule has 0 saturated heterocycles. The van der Waals surface area contributed by atoms with E-state index < -0.39 is 0 Å². The molecule has 1 aromatic carbocycles. The van der Waals surface area contributed by atoms with Gasteiger partial charge in [0.25, 0.3) is 0 Å². The number of hydrogen-bond acceptors (Lipinski definition) is 2. The van der Waals surface area contributed by atoms with E-state index in [4.69, 9.17) is 5.73 Å². The van der Waals surface area contributed by atoms with Crippen LogP contribution in [0.4, 0.5) is 0 Å². The van der Waals surface area contributed by atoms with Crippen LogP contribution in [0.2, 0.25) is 0 Å². The van der Waals surface area contributed by atoms with Crippen LogP contribution in [0.1, 0.15) is 12.5 Å². The molecule has 0 unspecified atom stereocenters. The Bertz CT molecular complexity index is 445. The van der Waals surface area contributed by atoms with Crippen molar-refractivity contribution in [1.82, 2.24) is 4.98 Å². The van der Waals surface area contributed by atoms with Gasteiger partial charge in [0.1, 0.15) is 5.75 Å². The molecule has 0 radical (unpaired) electrons. The highest BCUT2D eigenvalue weighted by atomic mass is 16.3. The van der Waals surface area contributed by atoms with Crippen molar-refractivity contribution in [2.45, 2.75) is 19.4 Å². The zero-order valence-electron chi connectivity index (χ0n) is 8.12. The summed E-state index contributed by atoms with van der Waals surface area (Å²) in [6.45, 7) is 1.97. The minimum Gasteiger partial charge on any atom is -0.506 e. The fourth-order valence-corrected chi connectivity index (χ4v) is 1.71. The summed E-state index contributed by atoms with van der Waals surface area (Å²) < 4.78 is 0. The van der Waals surface area contributed by atoms with Crippen molar-refractivity contribution in [3.8, 4) is 5.75 Å². The summed E-state index contributed by atoms with van der Waals surface area (Å²) in [7, 11) is 0. The normalized spacial score (nSPS) is 13.3. The standard InChI is InChI=1S/C11H14N2O/c1-7(12)5-8-6-13-11-9(8)3-2-4-10(11)14/h2-4,6-7,13-14H,5,12H2,1H3/t7-/m0/s1. The summed E-state index contributed by atoms with van der Waals surface area (Å²) in [6, 6.07) is 5.64. The quantitative estimate of drug-likeness (QED) is 0.675. The molecule has 14 heavy (non-hydrogen) atoms. The van der Waals surface area contributed by atoms with Gasteiger partial charge in [0.15, 0.2) is 0 Å². The molecule has 2 aromatic rings. The number of nitrogens with one attached hydrogen (secondary N) is 1. The number of hydrogen-bond donors (Lipinski definition) is 3.